The van der Waals surface area contributed by atoms with E-state index in [4.69, 9.17) is 5.73 Å². The third kappa shape index (κ3) is 3.17. The molecule has 0 spiro atoms. The lowest BCUT2D eigenvalue weighted by molar-refractivity contribution is 0.879. The van der Waals surface area contributed by atoms with Gasteiger partial charge in [0.05, 0.1) is 12.2 Å². The molecule has 3 N–H and O–H groups in total. The second kappa shape index (κ2) is 5.63. The normalized spacial score (nSPS) is 15.3. The number of thiazole rings is 1. The molecule has 1 heterocycles. The van der Waals surface area contributed by atoms with Crippen molar-refractivity contribution in [2.24, 2.45) is 10.7 Å². The van der Waals surface area contributed by atoms with Gasteiger partial charge in [-0.1, -0.05) is 30.3 Å². The van der Waals surface area contributed by atoms with Crippen LogP contribution in [0.25, 0.3) is 10.6 Å². The predicted molar refractivity (Wildman–Crippen MR) is 83.8 cm³/mol. The predicted octanol–water partition coefficient (Wildman–Crippen LogP) is 2.69. The fourth-order valence-corrected chi connectivity index (χ4v) is 2.91. The first-order valence-corrected chi connectivity index (χ1v) is 7.62. The average molecular weight is 286 g/mol. The summed E-state index contributed by atoms with van der Waals surface area (Å²) < 4.78 is 0. The van der Waals surface area contributed by atoms with E-state index in [0.29, 0.717) is 18.5 Å². The van der Waals surface area contributed by atoms with Crippen LogP contribution in [0.2, 0.25) is 0 Å². The molecule has 1 aliphatic carbocycles. The van der Waals surface area contributed by atoms with E-state index in [2.05, 4.69) is 27.4 Å². The van der Waals surface area contributed by atoms with Crippen LogP contribution in [0.3, 0.4) is 0 Å². The Morgan fingerprint density at radius 2 is 2.15 bits per heavy atom. The largest absolute Gasteiger partial charge is 0.370 e. The van der Waals surface area contributed by atoms with Gasteiger partial charge in [0.15, 0.2) is 5.96 Å². The zero-order chi connectivity index (χ0) is 13.9. The highest BCUT2D eigenvalue weighted by atomic mass is 32.1. The third-order valence-corrected chi connectivity index (χ3v) is 4.43. The molecule has 1 fully saturated rings. The van der Waals surface area contributed by atoms with Crippen molar-refractivity contribution < 1.29 is 0 Å². The molecule has 0 atom stereocenters. The van der Waals surface area contributed by atoms with Crippen molar-refractivity contribution in [3.8, 4) is 10.6 Å². The van der Waals surface area contributed by atoms with Gasteiger partial charge in [0.1, 0.15) is 5.01 Å². The minimum atomic E-state index is 0.543. The van der Waals surface area contributed by atoms with Gasteiger partial charge >= 0.3 is 0 Å². The number of benzene rings is 1. The molecular weight excluding hydrogens is 268 g/mol. The van der Waals surface area contributed by atoms with E-state index in [1.165, 1.54) is 17.7 Å². The summed E-state index contributed by atoms with van der Waals surface area (Å²) in [5.74, 6) is 0.543. The van der Waals surface area contributed by atoms with Crippen LogP contribution in [-0.2, 0) is 6.54 Å². The Morgan fingerprint density at radius 1 is 1.40 bits per heavy atom. The Hall–Kier alpha value is -1.88. The van der Waals surface area contributed by atoms with Crippen LogP contribution < -0.4 is 11.1 Å². The number of guanidine groups is 1. The maximum absolute atomic E-state index is 5.85. The molecule has 5 heteroatoms. The summed E-state index contributed by atoms with van der Waals surface area (Å²) in [7, 11) is 0. The van der Waals surface area contributed by atoms with E-state index in [-0.39, 0.29) is 0 Å². The zero-order valence-electron chi connectivity index (χ0n) is 11.5. The van der Waals surface area contributed by atoms with Gasteiger partial charge in [0.25, 0.3) is 0 Å². The average Bonchev–Trinajstić information content (AvgIpc) is 3.19. The molecule has 0 amide bonds. The van der Waals surface area contributed by atoms with Gasteiger partial charge in [-0.3, -0.25) is 0 Å². The smallest absolute Gasteiger partial charge is 0.189 e. The number of nitrogens with one attached hydrogen (secondary N) is 1. The molecule has 0 saturated heterocycles. The minimum absolute atomic E-state index is 0.543. The van der Waals surface area contributed by atoms with E-state index in [9.17, 15) is 0 Å². The van der Waals surface area contributed by atoms with E-state index in [0.717, 1.165) is 16.3 Å². The SMILES string of the molecule is Cc1nc(-c2ccccc2)sc1CN=C(N)NC1CC1. The standard InChI is InChI=1S/C15H18N4S/c1-10-13(9-17-15(16)19-12-7-8-12)20-14(18-10)11-5-3-2-4-6-11/h2-6,12H,7-9H2,1H3,(H3,16,17,19). The van der Waals surface area contributed by atoms with Gasteiger partial charge in [-0.05, 0) is 19.8 Å². The van der Waals surface area contributed by atoms with Gasteiger partial charge < -0.3 is 11.1 Å². The van der Waals surface area contributed by atoms with Crippen molar-refractivity contribution in [3.05, 3.63) is 40.9 Å². The molecular formula is C15H18N4S. The Morgan fingerprint density at radius 3 is 2.85 bits per heavy atom. The maximum Gasteiger partial charge on any atom is 0.189 e. The number of nitrogens with zero attached hydrogens (tertiary/aromatic N) is 2. The molecule has 0 unspecified atom stereocenters. The van der Waals surface area contributed by atoms with E-state index in [1.54, 1.807) is 11.3 Å². The number of hydrogen-bond donors (Lipinski definition) is 2. The van der Waals surface area contributed by atoms with Crippen LogP contribution in [0.1, 0.15) is 23.4 Å². The highest BCUT2D eigenvalue weighted by Gasteiger charge is 2.21. The Labute approximate surface area is 122 Å². The first kappa shape index (κ1) is 13.1. The summed E-state index contributed by atoms with van der Waals surface area (Å²) in [6.07, 6.45) is 2.40. The van der Waals surface area contributed by atoms with Crippen LogP contribution in [0.15, 0.2) is 35.3 Å². The van der Waals surface area contributed by atoms with E-state index < -0.39 is 0 Å². The van der Waals surface area contributed by atoms with Crippen molar-refractivity contribution >= 4 is 17.3 Å². The minimum Gasteiger partial charge on any atom is -0.370 e. The monoisotopic (exact) mass is 286 g/mol. The summed E-state index contributed by atoms with van der Waals surface area (Å²) in [6, 6.07) is 10.8. The summed E-state index contributed by atoms with van der Waals surface area (Å²) >= 11 is 1.69. The summed E-state index contributed by atoms with van der Waals surface area (Å²) in [5, 5.41) is 4.24. The molecule has 1 aromatic carbocycles. The van der Waals surface area contributed by atoms with Gasteiger partial charge in [0.2, 0.25) is 0 Å². The summed E-state index contributed by atoms with van der Waals surface area (Å²) in [6.45, 7) is 2.63. The highest BCUT2D eigenvalue weighted by Crippen LogP contribution is 2.28. The van der Waals surface area contributed by atoms with E-state index >= 15 is 0 Å². The van der Waals surface area contributed by atoms with Crippen molar-refractivity contribution in [2.75, 3.05) is 0 Å². The molecule has 1 aliphatic rings. The van der Waals surface area contributed by atoms with Crippen molar-refractivity contribution in [1.82, 2.24) is 10.3 Å². The fraction of sp³-hybridized carbons (Fsp3) is 0.333. The maximum atomic E-state index is 5.85. The van der Waals surface area contributed by atoms with E-state index in [1.807, 2.05) is 25.1 Å². The first-order valence-electron chi connectivity index (χ1n) is 6.80. The van der Waals surface area contributed by atoms with Gasteiger partial charge in [-0.2, -0.15) is 0 Å². The fourth-order valence-electron chi connectivity index (χ4n) is 1.92. The van der Waals surface area contributed by atoms with Gasteiger partial charge in [-0.15, -0.1) is 11.3 Å². The van der Waals surface area contributed by atoms with Crippen LogP contribution in [0, 0.1) is 6.92 Å². The number of rotatable bonds is 4. The Kier molecular flexibility index (Phi) is 3.69. The molecule has 3 rings (SSSR count). The quantitative estimate of drug-likeness (QED) is 0.671. The van der Waals surface area contributed by atoms with Gasteiger partial charge in [-0.25, -0.2) is 9.98 Å². The van der Waals surface area contributed by atoms with Crippen molar-refractivity contribution in [3.63, 3.8) is 0 Å². The second-order valence-corrected chi connectivity index (χ2v) is 6.10. The van der Waals surface area contributed by atoms with Crippen molar-refractivity contribution in [2.45, 2.75) is 32.4 Å². The summed E-state index contributed by atoms with van der Waals surface area (Å²) in [4.78, 5) is 10.2. The van der Waals surface area contributed by atoms with Crippen LogP contribution in [-0.4, -0.2) is 17.0 Å². The molecule has 2 aromatic rings. The van der Waals surface area contributed by atoms with Crippen LogP contribution in [0.4, 0.5) is 0 Å². The highest BCUT2D eigenvalue weighted by molar-refractivity contribution is 7.15. The number of aromatic nitrogens is 1. The van der Waals surface area contributed by atoms with Gasteiger partial charge in [0, 0.05) is 16.5 Å². The molecule has 0 bridgehead atoms. The third-order valence-electron chi connectivity index (χ3n) is 3.24. The molecule has 104 valence electrons. The number of nitrogens with two attached hydrogens (primary N) is 1. The molecule has 20 heavy (non-hydrogen) atoms. The molecule has 1 aromatic heterocycles. The summed E-state index contributed by atoms with van der Waals surface area (Å²) in [5.41, 5.74) is 8.04. The van der Waals surface area contributed by atoms with Crippen molar-refractivity contribution in [1.29, 1.82) is 0 Å². The number of aliphatic imine (C=N–C) groups is 1. The lowest BCUT2D eigenvalue weighted by Gasteiger charge is -2.02. The molecule has 4 nitrogen and oxygen atoms in total. The Bertz CT molecular complexity index is 614. The van der Waals surface area contributed by atoms with Crippen LogP contribution in [0.5, 0.6) is 0 Å². The molecule has 1 saturated carbocycles. The second-order valence-electron chi connectivity index (χ2n) is 5.01. The topological polar surface area (TPSA) is 63.3 Å². The Balaban J connectivity index is 1.72. The first-order chi connectivity index (χ1) is 9.72. The molecule has 0 radical (unpaired) electrons. The lowest BCUT2D eigenvalue weighted by atomic mass is 10.2. The van der Waals surface area contributed by atoms with Crippen LogP contribution >= 0.6 is 11.3 Å². The molecule has 0 aliphatic heterocycles. The number of aryl methyl sites for hydroxylation is 1. The number of hydrogen-bond acceptors (Lipinski definition) is 3. The zero-order valence-corrected chi connectivity index (χ0v) is 12.3. The lowest BCUT2D eigenvalue weighted by Crippen LogP contribution is -2.33.